The van der Waals surface area contributed by atoms with E-state index in [0.29, 0.717) is 28.0 Å². The highest BCUT2D eigenvalue weighted by Gasteiger charge is 2.06. The number of anilines is 3. The number of amides is 1. The van der Waals surface area contributed by atoms with Crippen molar-refractivity contribution >= 4 is 34.7 Å². The number of nitrogens with zero attached hydrogens (tertiary/aromatic N) is 1. The fourth-order valence-electron chi connectivity index (χ4n) is 2.41. The summed E-state index contributed by atoms with van der Waals surface area (Å²) in [5.41, 5.74) is 2.49. The van der Waals surface area contributed by atoms with Gasteiger partial charge < -0.3 is 20.1 Å². The molecule has 144 valence electrons. The molecule has 3 aromatic rings. The Morgan fingerprint density at radius 1 is 1.07 bits per heavy atom. The second kappa shape index (κ2) is 9.10. The molecule has 0 aliphatic heterocycles. The molecule has 0 spiro atoms. The summed E-state index contributed by atoms with van der Waals surface area (Å²) in [6, 6.07) is 16.4. The Hall–Kier alpha value is -3.25. The highest BCUT2D eigenvalue weighted by molar-refractivity contribution is 6.32. The molecule has 2 aromatic carbocycles. The SMILES string of the molecule is COc1ccc(Nc2ccc(NC(=O)COc3ccc(C)cc3)cn2)cc1Cl. The fraction of sp³-hybridized carbons (Fsp3) is 0.143. The first-order valence-corrected chi connectivity index (χ1v) is 8.97. The molecule has 2 N–H and O–H groups in total. The van der Waals surface area contributed by atoms with E-state index < -0.39 is 0 Å². The normalized spacial score (nSPS) is 10.2. The molecule has 0 radical (unpaired) electrons. The monoisotopic (exact) mass is 397 g/mol. The maximum atomic E-state index is 12.0. The van der Waals surface area contributed by atoms with Crippen LogP contribution in [-0.4, -0.2) is 24.6 Å². The van der Waals surface area contributed by atoms with Crippen molar-refractivity contribution in [2.24, 2.45) is 0 Å². The van der Waals surface area contributed by atoms with E-state index in [2.05, 4.69) is 15.6 Å². The summed E-state index contributed by atoms with van der Waals surface area (Å²) in [6.07, 6.45) is 1.57. The van der Waals surface area contributed by atoms with Crippen molar-refractivity contribution in [3.05, 3.63) is 71.4 Å². The Bertz CT molecular complexity index is 944. The number of hydrogen-bond donors (Lipinski definition) is 2. The van der Waals surface area contributed by atoms with E-state index in [1.54, 1.807) is 37.6 Å². The molecule has 0 atom stereocenters. The lowest BCUT2D eigenvalue weighted by molar-refractivity contribution is -0.118. The van der Waals surface area contributed by atoms with Crippen LogP contribution in [0.2, 0.25) is 5.02 Å². The summed E-state index contributed by atoms with van der Waals surface area (Å²) in [4.78, 5) is 16.3. The molecule has 1 aromatic heterocycles. The number of methoxy groups -OCH3 is 1. The van der Waals surface area contributed by atoms with Gasteiger partial charge in [0.05, 0.1) is 24.0 Å². The van der Waals surface area contributed by atoms with Gasteiger partial charge in [0.1, 0.15) is 17.3 Å². The Balaban J connectivity index is 1.53. The van der Waals surface area contributed by atoms with Crippen LogP contribution >= 0.6 is 11.6 Å². The van der Waals surface area contributed by atoms with Crippen LogP contribution in [0, 0.1) is 6.92 Å². The number of hydrogen-bond acceptors (Lipinski definition) is 5. The first kappa shape index (κ1) is 19.5. The zero-order chi connectivity index (χ0) is 19.9. The molecule has 0 bridgehead atoms. The smallest absolute Gasteiger partial charge is 0.262 e. The van der Waals surface area contributed by atoms with Crippen LogP contribution in [0.3, 0.4) is 0 Å². The average molecular weight is 398 g/mol. The Morgan fingerprint density at radius 3 is 2.46 bits per heavy atom. The van der Waals surface area contributed by atoms with E-state index in [-0.39, 0.29) is 12.5 Å². The third-order valence-corrected chi connectivity index (χ3v) is 4.16. The third-order valence-electron chi connectivity index (χ3n) is 3.86. The zero-order valence-electron chi connectivity index (χ0n) is 15.5. The number of nitrogens with one attached hydrogen (secondary N) is 2. The van der Waals surface area contributed by atoms with Crippen LogP contribution in [-0.2, 0) is 4.79 Å². The minimum Gasteiger partial charge on any atom is -0.495 e. The molecular weight excluding hydrogens is 378 g/mol. The van der Waals surface area contributed by atoms with Crippen LogP contribution in [0.4, 0.5) is 17.2 Å². The Morgan fingerprint density at radius 2 is 1.82 bits per heavy atom. The van der Waals surface area contributed by atoms with Gasteiger partial charge in [-0.25, -0.2) is 4.98 Å². The third kappa shape index (κ3) is 5.37. The maximum absolute atomic E-state index is 12.0. The first-order chi connectivity index (χ1) is 13.5. The molecule has 0 saturated heterocycles. The van der Waals surface area contributed by atoms with Gasteiger partial charge >= 0.3 is 0 Å². The van der Waals surface area contributed by atoms with Crippen molar-refractivity contribution in [2.45, 2.75) is 6.92 Å². The van der Waals surface area contributed by atoms with Crippen LogP contribution in [0.15, 0.2) is 60.8 Å². The molecule has 0 aliphatic carbocycles. The maximum Gasteiger partial charge on any atom is 0.262 e. The van der Waals surface area contributed by atoms with Gasteiger partial charge in [0.25, 0.3) is 5.91 Å². The molecule has 7 heteroatoms. The van der Waals surface area contributed by atoms with Gasteiger partial charge in [-0.15, -0.1) is 0 Å². The van der Waals surface area contributed by atoms with Gasteiger partial charge in [0.2, 0.25) is 0 Å². The van der Waals surface area contributed by atoms with Gasteiger partial charge in [0.15, 0.2) is 6.61 Å². The molecule has 3 rings (SSSR count). The zero-order valence-corrected chi connectivity index (χ0v) is 16.3. The van der Waals surface area contributed by atoms with E-state index >= 15 is 0 Å². The van der Waals surface area contributed by atoms with Gasteiger partial charge in [-0.3, -0.25) is 4.79 Å². The summed E-state index contributed by atoms with van der Waals surface area (Å²) in [5.74, 6) is 1.61. The summed E-state index contributed by atoms with van der Waals surface area (Å²) in [7, 11) is 1.56. The molecule has 6 nitrogen and oxygen atoms in total. The number of benzene rings is 2. The second-order valence-corrected chi connectivity index (χ2v) is 6.46. The number of ether oxygens (including phenoxy) is 2. The molecule has 1 heterocycles. The van der Waals surface area contributed by atoms with E-state index in [9.17, 15) is 4.79 Å². The van der Waals surface area contributed by atoms with Crippen molar-refractivity contribution in [3.63, 3.8) is 0 Å². The Labute approximate surface area is 168 Å². The van der Waals surface area contributed by atoms with Gasteiger partial charge in [0, 0.05) is 5.69 Å². The molecule has 28 heavy (non-hydrogen) atoms. The number of halogens is 1. The van der Waals surface area contributed by atoms with E-state index in [1.807, 2.05) is 37.3 Å². The quantitative estimate of drug-likeness (QED) is 0.598. The molecule has 0 aliphatic rings. The minimum absolute atomic E-state index is 0.0760. The molecular formula is C21H20ClN3O3. The predicted octanol–water partition coefficient (Wildman–Crippen LogP) is 4.81. The molecule has 0 saturated carbocycles. The largest absolute Gasteiger partial charge is 0.495 e. The minimum atomic E-state index is -0.259. The van der Waals surface area contributed by atoms with E-state index in [4.69, 9.17) is 21.1 Å². The van der Waals surface area contributed by atoms with Gasteiger partial charge in [-0.05, 0) is 49.4 Å². The lowest BCUT2D eigenvalue weighted by Gasteiger charge is -2.10. The number of carbonyl (C=O) groups excluding carboxylic acids is 1. The second-order valence-electron chi connectivity index (χ2n) is 6.06. The lowest BCUT2D eigenvalue weighted by Crippen LogP contribution is -2.20. The van der Waals surface area contributed by atoms with E-state index in [0.717, 1.165) is 11.3 Å². The topological polar surface area (TPSA) is 72.5 Å². The lowest BCUT2D eigenvalue weighted by atomic mass is 10.2. The summed E-state index contributed by atoms with van der Waals surface area (Å²) in [6.45, 7) is 1.92. The van der Waals surface area contributed by atoms with E-state index in [1.165, 1.54) is 0 Å². The van der Waals surface area contributed by atoms with Gasteiger partial charge in [-0.1, -0.05) is 29.3 Å². The highest BCUT2D eigenvalue weighted by Crippen LogP contribution is 2.28. The summed E-state index contributed by atoms with van der Waals surface area (Å²) in [5, 5.41) is 6.39. The summed E-state index contributed by atoms with van der Waals surface area (Å²) >= 11 is 6.12. The predicted molar refractivity (Wildman–Crippen MR) is 111 cm³/mol. The number of pyridine rings is 1. The number of carbonyl (C=O) groups is 1. The fourth-order valence-corrected chi connectivity index (χ4v) is 2.67. The van der Waals surface area contributed by atoms with Crippen molar-refractivity contribution in [1.82, 2.24) is 4.98 Å². The standard InChI is InChI=1S/C21H20ClN3O3/c1-14-3-7-17(8-4-14)28-13-21(26)25-16-6-10-20(23-12-16)24-15-5-9-19(27-2)18(22)11-15/h3-12H,13H2,1-2H3,(H,23,24)(H,25,26). The van der Waals surface area contributed by atoms with Crippen molar-refractivity contribution in [2.75, 3.05) is 24.4 Å². The van der Waals surface area contributed by atoms with Crippen molar-refractivity contribution < 1.29 is 14.3 Å². The van der Waals surface area contributed by atoms with Crippen LogP contribution < -0.4 is 20.1 Å². The highest BCUT2D eigenvalue weighted by atomic mass is 35.5. The molecule has 0 unspecified atom stereocenters. The van der Waals surface area contributed by atoms with Crippen LogP contribution in [0.25, 0.3) is 0 Å². The van der Waals surface area contributed by atoms with Crippen LogP contribution in [0.5, 0.6) is 11.5 Å². The number of rotatable bonds is 7. The van der Waals surface area contributed by atoms with Crippen molar-refractivity contribution in [3.8, 4) is 11.5 Å². The summed E-state index contributed by atoms with van der Waals surface area (Å²) < 4.78 is 10.6. The molecule has 0 fully saturated rings. The number of aromatic nitrogens is 1. The number of aryl methyl sites for hydroxylation is 1. The Kier molecular flexibility index (Phi) is 6.34. The van der Waals surface area contributed by atoms with Crippen molar-refractivity contribution in [1.29, 1.82) is 0 Å². The molecule has 1 amide bonds. The first-order valence-electron chi connectivity index (χ1n) is 8.59. The average Bonchev–Trinajstić information content (AvgIpc) is 2.69. The van der Waals surface area contributed by atoms with Gasteiger partial charge in [-0.2, -0.15) is 0 Å². The van der Waals surface area contributed by atoms with Crippen LogP contribution in [0.1, 0.15) is 5.56 Å².